The van der Waals surface area contributed by atoms with E-state index in [2.05, 4.69) is 10.6 Å². The average molecular weight is 411 g/mol. The number of piperidine rings is 1. The molecule has 7 nitrogen and oxygen atoms in total. The van der Waals surface area contributed by atoms with Crippen LogP contribution in [0.3, 0.4) is 0 Å². The van der Waals surface area contributed by atoms with Crippen LogP contribution in [0.25, 0.3) is 5.70 Å². The van der Waals surface area contributed by atoms with Crippen molar-refractivity contribution in [3.05, 3.63) is 72.3 Å². The molecule has 5 N–H and O–H groups in total. The van der Waals surface area contributed by atoms with E-state index in [1.807, 2.05) is 66.7 Å². The summed E-state index contributed by atoms with van der Waals surface area (Å²) in [5.74, 6) is 5.39. The van der Waals surface area contributed by atoms with Crippen molar-refractivity contribution < 1.29 is 14.7 Å². The third-order valence-electron chi connectivity index (χ3n) is 4.70. The number of allylic oxidation sites excluding steroid dienone is 1. The van der Waals surface area contributed by atoms with Gasteiger partial charge in [-0.1, -0.05) is 54.6 Å². The molecule has 3 rings (SSSR count). The second-order valence-corrected chi connectivity index (χ2v) is 6.90. The van der Waals surface area contributed by atoms with Crippen molar-refractivity contribution in [1.82, 2.24) is 10.6 Å². The summed E-state index contributed by atoms with van der Waals surface area (Å²) in [4.78, 5) is 20.6. The van der Waals surface area contributed by atoms with Gasteiger partial charge in [-0.25, -0.2) is 5.84 Å². The Balaban J connectivity index is 0.000000297. The van der Waals surface area contributed by atoms with Gasteiger partial charge in [-0.2, -0.15) is 0 Å². The molecule has 1 amide bonds. The van der Waals surface area contributed by atoms with E-state index < -0.39 is 5.97 Å². The average Bonchev–Trinajstić information content (AvgIpc) is 2.79. The van der Waals surface area contributed by atoms with Gasteiger partial charge in [0.05, 0.1) is 11.4 Å². The summed E-state index contributed by atoms with van der Waals surface area (Å²) in [6.45, 7) is 2.07. The molecule has 1 aliphatic rings. The van der Waals surface area contributed by atoms with E-state index in [1.54, 1.807) is 5.01 Å². The molecule has 1 saturated heterocycles. The molecule has 1 fully saturated rings. The van der Waals surface area contributed by atoms with Crippen molar-refractivity contribution in [3.63, 3.8) is 0 Å². The quantitative estimate of drug-likeness (QED) is 0.303. The number of carbonyl (C=O) groups is 2. The van der Waals surface area contributed by atoms with Gasteiger partial charge in [0.15, 0.2) is 0 Å². The number of hydrogen-bond donors (Lipinski definition) is 4. The van der Waals surface area contributed by atoms with E-state index in [9.17, 15) is 9.59 Å². The highest BCUT2D eigenvalue weighted by atomic mass is 16.4. The summed E-state index contributed by atoms with van der Waals surface area (Å²) in [5.41, 5.74) is 2.60. The van der Waals surface area contributed by atoms with Gasteiger partial charge >= 0.3 is 5.97 Å². The fourth-order valence-electron chi connectivity index (χ4n) is 3.11. The van der Waals surface area contributed by atoms with Gasteiger partial charge in [0.25, 0.3) is 0 Å². The Morgan fingerprint density at radius 1 is 1.10 bits per heavy atom. The van der Waals surface area contributed by atoms with Crippen LogP contribution in [0, 0.1) is 0 Å². The first-order valence-electron chi connectivity index (χ1n) is 10.1. The highest BCUT2D eigenvalue weighted by Gasteiger charge is 2.11. The number of carboxylic acids is 1. The second-order valence-electron chi connectivity index (χ2n) is 6.90. The molecule has 2 aromatic rings. The number of carboxylic acid groups (broad SMARTS) is 1. The molecule has 1 aliphatic heterocycles. The molecule has 0 spiro atoms. The number of nitrogens with one attached hydrogen (secondary N) is 2. The van der Waals surface area contributed by atoms with Crippen LogP contribution in [-0.4, -0.2) is 36.6 Å². The third kappa shape index (κ3) is 8.06. The maximum absolute atomic E-state index is 10.7. The Morgan fingerprint density at radius 2 is 1.70 bits per heavy atom. The topological polar surface area (TPSA) is 108 Å². The highest BCUT2D eigenvalue weighted by Crippen LogP contribution is 2.23. The summed E-state index contributed by atoms with van der Waals surface area (Å²) in [7, 11) is 0. The van der Waals surface area contributed by atoms with E-state index in [0.29, 0.717) is 12.5 Å². The molecule has 30 heavy (non-hydrogen) atoms. The lowest BCUT2D eigenvalue weighted by molar-refractivity contribution is -0.136. The second kappa shape index (κ2) is 13.1. The molecule has 0 saturated carbocycles. The minimum atomic E-state index is -0.818. The highest BCUT2D eigenvalue weighted by molar-refractivity contribution is 5.78. The van der Waals surface area contributed by atoms with Gasteiger partial charge in [0.1, 0.15) is 0 Å². The van der Waals surface area contributed by atoms with E-state index in [0.717, 1.165) is 49.3 Å². The molecular formula is C23H30N4O3. The number of amides is 1. The van der Waals surface area contributed by atoms with E-state index >= 15 is 0 Å². The molecule has 0 unspecified atom stereocenters. The number of para-hydroxylation sites is 1. The van der Waals surface area contributed by atoms with Crippen LogP contribution in [0.5, 0.6) is 0 Å². The molecule has 7 heteroatoms. The minimum Gasteiger partial charge on any atom is -0.481 e. The number of aliphatic carboxylic acids is 1. The van der Waals surface area contributed by atoms with Crippen LogP contribution in [-0.2, 0) is 9.59 Å². The number of benzene rings is 2. The molecule has 1 heterocycles. The van der Waals surface area contributed by atoms with E-state index in [1.165, 1.54) is 0 Å². The Hall–Kier alpha value is -3.16. The van der Waals surface area contributed by atoms with Gasteiger partial charge in [0.2, 0.25) is 6.41 Å². The first-order chi connectivity index (χ1) is 14.6. The standard InChI is InChI=1S/C17H18N2O2.C6H12N2O/c18-19(15-10-5-2-6-11-15)16(12-7-13-17(20)21)14-8-3-1-4-9-14;9-5-8-6-1-3-7-4-2-6/h1-6,8-12H,7,13,18H2,(H,20,21);5-7H,1-4H2,(H,8,9)/b16-12-;. The number of carbonyl (C=O) groups excluding carboxylic acids is 1. The Labute approximate surface area is 177 Å². The van der Waals surface area contributed by atoms with Gasteiger partial charge in [-0.15, -0.1) is 0 Å². The predicted octanol–water partition coefficient (Wildman–Crippen LogP) is 2.76. The van der Waals surface area contributed by atoms with Crippen LogP contribution in [0.15, 0.2) is 66.7 Å². The summed E-state index contributed by atoms with van der Waals surface area (Å²) < 4.78 is 0. The Morgan fingerprint density at radius 3 is 2.27 bits per heavy atom. The normalized spacial score (nSPS) is 14.2. The van der Waals surface area contributed by atoms with Crippen LogP contribution >= 0.6 is 0 Å². The van der Waals surface area contributed by atoms with Crippen molar-refractivity contribution in [2.45, 2.75) is 31.7 Å². The van der Waals surface area contributed by atoms with Gasteiger partial charge in [-0.3, -0.25) is 14.6 Å². The summed E-state index contributed by atoms with van der Waals surface area (Å²) in [6.07, 6.45) is 5.29. The van der Waals surface area contributed by atoms with Crippen molar-refractivity contribution in [2.24, 2.45) is 5.84 Å². The maximum Gasteiger partial charge on any atom is 0.303 e. The Kier molecular flexibility index (Phi) is 10.1. The van der Waals surface area contributed by atoms with E-state index in [4.69, 9.17) is 10.9 Å². The molecular weight excluding hydrogens is 380 g/mol. The maximum atomic E-state index is 10.7. The number of nitrogens with two attached hydrogens (primary N) is 1. The van der Waals surface area contributed by atoms with E-state index in [-0.39, 0.29) is 6.42 Å². The number of anilines is 1. The first kappa shape index (κ1) is 23.1. The molecule has 0 aromatic heterocycles. The lowest BCUT2D eigenvalue weighted by atomic mass is 10.1. The number of hydrogen-bond acceptors (Lipinski definition) is 5. The molecule has 0 atom stereocenters. The third-order valence-corrected chi connectivity index (χ3v) is 4.70. The monoisotopic (exact) mass is 410 g/mol. The summed E-state index contributed by atoms with van der Waals surface area (Å²) in [5, 5.41) is 16.3. The van der Waals surface area contributed by atoms with Crippen LogP contribution in [0.4, 0.5) is 5.69 Å². The zero-order chi connectivity index (χ0) is 21.6. The molecule has 0 bridgehead atoms. The fourth-order valence-corrected chi connectivity index (χ4v) is 3.11. The van der Waals surface area contributed by atoms with Crippen molar-refractivity contribution in [1.29, 1.82) is 0 Å². The van der Waals surface area contributed by atoms with Crippen LogP contribution < -0.4 is 21.5 Å². The molecule has 0 radical (unpaired) electrons. The molecule has 0 aliphatic carbocycles. The van der Waals surface area contributed by atoms with Gasteiger partial charge in [0, 0.05) is 12.5 Å². The lowest BCUT2D eigenvalue weighted by Gasteiger charge is -2.22. The smallest absolute Gasteiger partial charge is 0.303 e. The van der Waals surface area contributed by atoms with Crippen LogP contribution in [0.1, 0.15) is 31.2 Å². The first-order valence-corrected chi connectivity index (χ1v) is 10.1. The fraction of sp³-hybridized carbons (Fsp3) is 0.304. The zero-order valence-electron chi connectivity index (χ0n) is 17.0. The minimum absolute atomic E-state index is 0.0823. The van der Waals surface area contributed by atoms with Gasteiger partial charge in [-0.05, 0) is 50.0 Å². The van der Waals surface area contributed by atoms with Crippen molar-refractivity contribution in [2.75, 3.05) is 18.1 Å². The Bertz CT molecular complexity index is 791. The number of nitrogens with zero attached hydrogens (tertiary/aromatic N) is 1. The zero-order valence-corrected chi connectivity index (χ0v) is 17.0. The summed E-state index contributed by atoms with van der Waals surface area (Å²) in [6, 6.07) is 19.7. The lowest BCUT2D eigenvalue weighted by Crippen LogP contribution is -2.39. The summed E-state index contributed by atoms with van der Waals surface area (Å²) >= 11 is 0. The van der Waals surface area contributed by atoms with Crippen LogP contribution in [0.2, 0.25) is 0 Å². The largest absolute Gasteiger partial charge is 0.481 e. The molecule has 160 valence electrons. The molecule has 2 aromatic carbocycles. The SMILES string of the molecule is NN(/C(=C\CCC(=O)O)c1ccccc1)c1ccccc1.O=CNC1CCNCC1. The van der Waals surface area contributed by atoms with Crippen molar-refractivity contribution >= 4 is 23.8 Å². The number of hydrazine groups is 1. The van der Waals surface area contributed by atoms with Crippen molar-refractivity contribution in [3.8, 4) is 0 Å². The number of rotatable bonds is 8. The van der Waals surface area contributed by atoms with Gasteiger partial charge < -0.3 is 15.7 Å². The predicted molar refractivity (Wildman–Crippen MR) is 119 cm³/mol.